The zero-order valence-electron chi connectivity index (χ0n) is 10.7. The molecule has 1 aliphatic rings. The summed E-state index contributed by atoms with van der Waals surface area (Å²) >= 11 is 4.74. The molecule has 1 saturated carbocycles. The lowest BCUT2D eigenvalue weighted by Gasteiger charge is -2.21. The molecule has 3 rings (SSSR count). The van der Waals surface area contributed by atoms with Gasteiger partial charge in [0.1, 0.15) is 0 Å². The number of sulfonamides is 1. The number of aryl methyl sites for hydroxylation is 1. The molecule has 2 aromatic heterocycles. The van der Waals surface area contributed by atoms with E-state index in [9.17, 15) is 8.42 Å². The molecule has 0 saturated heterocycles. The standard InChI is InChI=1S/C11H13BrN4O2S2/c1-15-11(10(12)13-14-15)20(17,18)16(9-2-3-9)6-8-4-5-19-7-8/h4-5,7,9H,2-3,6H2,1H3. The van der Waals surface area contributed by atoms with E-state index in [-0.39, 0.29) is 15.7 Å². The second kappa shape index (κ2) is 5.21. The van der Waals surface area contributed by atoms with E-state index in [4.69, 9.17) is 0 Å². The van der Waals surface area contributed by atoms with Gasteiger partial charge < -0.3 is 0 Å². The zero-order valence-corrected chi connectivity index (χ0v) is 13.9. The Kier molecular flexibility index (Phi) is 3.69. The minimum absolute atomic E-state index is 0.0849. The number of hydrogen-bond acceptors (Lipinski definition) is 5. The molecule has 0 atom stereocenters. The van der Waals surface area contributed by atoms with Crippen molar-refractivity contribution in [2.45, 2.75) is 30.5 Å². The molecule has 108 valence electrons. The summed E-state index contributed by atoms with van der Waals surface area (Å²) in [6.07, 6.45) is 1.82. The molecule has 9 heteroatoms. The maximum absolute atomic E-state index is 12.8. The highest BCUT2D eigenvalue weighted by atomic mass is 79.9. The molecule has 1 aliphatic carbocycles. The van der Waals surface area contributed by atoms with Crippen LogP contribution in [0, 0.1) is 0 Å². The predicted octanol–water partition coefficient (Wildman–Crippen LogP) is 1.99. The van der Waals surface area contributed by atoms with Crippen molar-refractivity contribution in [1.82, 2.24) is 19.3 Å². The molecule has 2 aromatic rings. The summed E-state index contributed by atoms with van der Waals surface area (Å²) < 4.78 is 28.8. The van der Waals surface area contributed by atoms with Gasteiger partial charge in [-0.25, -0.2) is 13.1 Å². The van der Waals surface area contributed by atoms with E-state index >= 15 is 0 Å². The molecule has 1 fully saturated rings. The average Bonchev–Trinajstić information content (AvgIpc) is 2.97. The third-order valence-electron chi connectivity index (χ3n) is 3.16. The van der Waals surface area contributed by atoms with Gasteiger partial charge in [0, 0.05) is 19.6 Å². The summed E-state index contributed by atoms with van der Waals surface area (Å²) in [5.74, 6) is 0. The number of nitrogens with zero attached hydrogens (tertiary/aromatic N) is 4. The van der Waals surface area contributed by atoms with E-state index in [1.807, 2.05) is 16.8 Å². The fourth-order valence-corrected chi connectivity index (χ4v) is 5.41. The van der Waals surface area contributed by atoms with Gasteiger partial charge in [0.25, 0.3) is 10.0 Å². The lowest BCUT2D eigenvalue weighted by Crippen LogP contribution is -2.34. The van der Waals surface area contributed by atoms with Crippen LogP contribution in [0.15, 0.2) is 26.5 Å². The lowest BCUT2D eigenvalue weighted by atomic mass is 10.3. The van der Waals surface area contributed by atoms with E-state index < -0.39 is 10.0 Å². The lowest BCUT2D eigenvalue weighted by molar-refractivity contribution is 0.393. The molecule has 0 amide bonds. The van der Waals surface area contributed by atoms with E-state index in [0.29, 0.717) is 6.54 Å². The Labute approximate surface area is 129 Å². The van der Waals surface area contributed by atoms with Crippen LogP contribution in [-0.2, 0) is 23.6 Å². The summed E-state index contributed by atoms with van der Waals surface area (Å²) in [5.41, 5.74) is 1.01. The summed E-state index contributed by atoms with van der Waals surface area (Å²) in [6.45, 7) is 0.397. The molecule has 0 radical (unpaired) electrons. The predicted molar refractivity (Wildman–Crippen MR) is 78.8 cm³/mol. The van der Waals surface area contributed by atoms with Crippen molar-refractivity contribution >= 4 is 37.3 Å². The Bertz CT molecular complexity index is 687. The fourth-order valence-electron chi connectivity index (χ4n) is 2.04. The topological polar surface area (TPSA) is 68.1 Å². The first-order chi connectivity index (χ1) is 9.50. The maximum Gasteiger partial charge on any atom is 0.263 e. The van der Waals surface area contributed by atoms with Gasteiger partial charge in [0.15, 0.2) is 4.60 Å². The van der Waals surface area contributed by atoms with Crippen molar-refractivity contribution in [1.29, 1.82) is 0 Å². The highest BCUT2D eigenvalue weighted by Gasteiger charge is 2.40. The van der Waals surface area contributed by atoms with Gasteiger partial charge in [0.05, 0.1) is 0 Å². The Balaban J connectivity index is 1.98. The highest BCUT2D eigenvalue weighted by molar-refractivity contribution is 9.10. The van der Waals surface area contributed by atoms with Gasteiger partial charge >= 0.3 is 0 Å². The molecule has 0 aromatic carbocycles. The van der Waals surface area contributed by atoms with Gasteiger partial charge in [0.2, 0.25) is 5.03 Å². The van der Waals surface area contributed by atoms with Gasteiger partial charge in [-0.15, -0.1) is 5.10 Å². The average molecular weight is 377 g/mol. The molecule has 6 nitrogen and oxygen atoms in total. The van der Waals surface area contributed by atoms with Crippen LogP contribution in [0.2, 0.25) is 0 Å². The van der Waals surface area contributed by atoms with Crippen molar-refractivity contribution in [3.05, 3.63) is 27.0 Å². The Morgan fingerprint density at radius 3 is 2.80 bits per heavy atom. The molecule has 0 aliphatic heterocycles. The minimum Gasteiger partial charge on any atom is -0.235 e. The van der Waals surface area contributed by atoms with Crippen LogP contribution in [0.5, 0.6) is 0 Å². The Morgan fingerprint density at radius 2 is 2.30 bits per heavy atom. The van der Waals surface area contributed by atoms with Crippen LogP contribution in [0.1, 0.15) is 18.4 Å². The molecule has 0 bridgehead atoms. The van der Waals surface area contributed by atoms with Crippen LogP contribution < -0.4 is 0 Å². The molecule has 2 heterocycles. The van der Waals surface area contributed by atoms with E-state index in [1.165, 1.54) is 4.68 Å². The van der Waals surface area contributed by atoms with Crippen LogP contribution in [-0.4, -0.2) is 33.8 Å². The van der Waals surface area contributed by atoms with Crippen molar-refractivity contribution in [2.75, 3.05) is 0 Å². The SMILES string of the molecule is Cn1nnc(Br)c1S(=O)(=O)N(Cc1ccsc1)C1CC1. The molecule has 0 unspecified atom stereocenters. The third-order valence-corrected chi connectivity index (χ3v) is 6.68. The van der Waals surface area contributed by atoms with Gasteiger partial charge in [-0.05, 0) is 51.2 Å². The molecule has 0 spiro atoms. The quantitative estimate of drug-likeness (QED) is 0.799. The number of halogens is 1. The fraction of sp³-hybridized carbons (Fsp3) is 0.455. The minimum atomic E-state index is -3.60. The van der Waals surface area contributed by atoms with Crippen LogP contribution in [0.3, 0.4) is 0 Å². The summed E-state index contributed by atoms with van der Waals surface area (Å²) in [7, 11) is -2.02. The summed E-state index contributed by atoms with van der Waals surface area (Å²) in [5, 5.41) is 11.6. The number of aromatic nitrogens is 3. The number of rotatable bonds is 5. The second-order valence-corrected chi connectivity index (χ2v) is 8.06. The van der Waals surface area contributed by atoms with E-state index in [1.54, 1.807) is 22.7 Å². The molecular weight excluding hydrogens is 364 g/mol. The third kappa shape index (κ3) is 2.54. The van der Waals surface area contributed by atoms with Crippen LogP contribution in [0.25, 0.3) is 0 Å². The van der Waals surface area contributed by atoms with Crippen molar-refractivity contribution in [2.24, 2.45) is 7.05 Å². The van der Waals surface area contributed by atoms with E-state index in [2.05, 4.69) is 26.2 Å². The zero-order chi connectivity index (χ0) is 14.3. The normalized spacial score (nSPS) is 15.9. The van der Waals surface area contributed by atoms with Crippen molar-refractivity contribution in [3.63, 3.8) is 0 Å². The highest BCUT2D eigenvalue weighted by Crippen LogP contribution is 2.35. The van der Waals surface area contributed by atoms with E-state index in [0.717, 1.165) is 18.4 Å². The van der Waals surface area contributed by atoms with Crippen LogP contribution >= 0.6 is 27.3 Å². The summed E-state index contributed by atoms with van der Waals surface area (Å²) in [6, 6.07) is 2.04. The number of hydrogen-bond donors (Lipinski definition) is 0. The van der Waals surface area contributed by atoms with Gasteiger partial charge in [-0.2, -0.15) is 15.6 Å². The second-order valence-electron chi connectivity index (χ2n) is 4.72. The molecule has 0 N–H and O–H groups in total. The largest absolute Gasteiger partial charge is 0.263 e. The monoisotopic (exact) mass is 376 g/mol. The summed E-state index contributed by atoms with van der Waals surface area (Å²) in [4.78, 5) is 0. The van der Waals surface area contributed by atoms with Crippen molar-refractivity contribution < 1.29 is 8.42 Å². The number of thiophene rings is 1. The first-order valence-electron chi connectivity index (χ1n) is 6.08. The van der Waals surface area contributed by atoms with Crippen molar-refractivity contribution in [3.8, 4) is 0 Å². The molecular formula is C11H13BrN4O2S2. The first kappa shape index (κ1) is 14.2. The molecule has 20 heavy (non-hydrogen) atoms. The Morgan fingerprint density at radius 1 is 1.55 bits per heavy atom. The van der Waals surface area contributed by atoms with Gasteiger partial charge in [-0.3, -0.25) is 0 Å². The maximum atomic E-state index is 12.8. The van der Waals surface area contributed by atoms with Gasteiger partial charge in [-0.1, -0.05) is 5.21 Å². The first-order valence-corrected chi connectivity index (χ1v) is 9.26. The smallest absolute Gasteiger partial charge is 0.235 e. The van der Waals surface area contributed by atoms with Crippen LogP contribution in [0.4, 0.5) is 0 Å². The Hall–Kier alpha value is -0.770.